The maximum absolute atomic E-state index is 5.56. The topological polar surface area (TPSA) is 38.9 Å². The highest BCUT2D eigenvalue weighted by atomic mass is 32.2. The Hall–Kier alpha value is -0.840. The average molecular weight is 236 g/mol. The minimum Gasteiger partial charge on any atom is -0.326 e. The van der Waals surface area contributed by atoms with Crippen LogP contribution in [0.3, 0.4) is 0 Å². The van der Waals surface area contributed by atoms with Gasteiger partial charge in [-0.1, -0.05) is 23.9 Å². The molecule has 0 spiro atoms. The van der Waals surface area contributed by atoms with E-state index in [-0.39, 0.29) is 0 Å². The second kappa shape index (κ2) is 4.79. The molecule has 0 radical (unpaired) electrons. The molecule has 0 saturated heterocycles. The van der Waals surface area contributed by atoms with E-state index in [1.165, 1.54) is 9.77 Å². The van der Waals surface area contributed by atoms with Crippen LogP contribution in [0, 0.1) is 6.92 Å². The summed E-state index contributed by atoms with van der Waals surface area (Å²) in [6.07, 6.45) is 1.85. The van der Waals surface area contributed by atoms with Gasteiger partial charge in [-0.05, 0) is 29.5 Å². The van der Waals surface area contributed by atoms with Gasteiger partial charge < -0.3 is 5.73 Å². The van der Waals surface area contributed by atoms with Gasteiger partial charge in [-0.15, -0.1) is 11.3 Å². The number of rotatable bonds is 3. The maximum atomic E-state index is 5.56. The number of hydrogen-bond donors (Lipinski definition) is 1. The van der Waals surface area contributed by atoms with Gasteiger partial charge in [-0.3, -0.25) is 0 Å². The van der Waals surface area contributed by atoms with E-state index >= 15 is 0 Å². The summed E-state index contributed by atoms with van der Waals surface area (Å²) < 4.78 is 1.27. The summed E-state index contributed by atoms with van der Waals surface area (Å²) in [7, 11) is 0. The molecular weight excluding hydrogens is 224 g/mol. The monoisotopic (exact) mass is 236 g/mol. The van der Waals surface area contributed by atoms with Crippen molar-refractivity contribution < 1.29 is 0 Å². The fourth-order valence-corrected chi connectivity index (χ4v) is 2.96. The second-order valence-corrected chi connectivity index (χ2v) is 5.44. The molecule has 2 N–H and O–H groups in total. The molecule has 0 fully saturated rings. The summed E-state index contributed by atoms with van der Waals surface area (Å²) in [5.41, 5.74) is 7.84. The van der Waals surface area contributed by atoms with Crippen LogP contribution in [0.4, 0.5) is 0 Å². The van der Waals surface area contributed by atoms with Gasteiger partial charge in [0.25, 0.3) is 0 Å². The molecule has 0 bridgehead atoms. The Morgan fingerprint density at radius 2 is 2.40 bits per heavy atom. The number of nitrogens with zero attached hydrogens (tertiary/aromatic N) is 1. The predicted octanol–water partition coefficient (Wildman–Crippen LogP) is 3.06. The molecule has 0 atom stereocenters. The molecule has 2 nitrogen and oxygen atoms in total. The van der Waals surface area contributed by atoms with Gasteiger partial charge in [-0.25, -0.2) is 4.98 Å². The molecule has 78 valence electrons. The van der Waals surface area contributed by atoms with Crippen molar-refractivity contribution in [3.63, 3.8) is 0 Å². The highest BCUT2D eigenvalue weighted by Crippen LogP contribution is 2.31. The van der Waals surface area contributed by atoms with Crippen molar-refractivity contribution in [1.29, 1.82) is 0 Å². The molecular formula is C11H12N2S2. The molecule has 2 aromatic rings. The van der Waals surface area contributed by atoms with E-state index in [0.717, 1.165) is 10.6 Å². The van der Waals surface area contributed by atoms with Crippen molar-refractivity contribution in [2.24, 2.45) is 5.73 Å². The summed E-state index contributed by atoms with van der Waals surface area (Å²) in [6, 6.07) is 6.26. The van der Waals surface area contributed by atoms with E-state index in [0.29, 0.717) is 6.54 Å². The Kier molecular flexibility index (Phi) is 3.41. The van der Waals surface area contributed by atoms with E-state index in [1.807, 2.05) is 6.20 Å². The van der Waals surface area contributed by atoms with Crippen LogP contribution in [0.5, 0.6) is 0 Å². The third kappa shape index (κ3) is 2.59. The molecule has 4 heteroatoms. The number of hydrogen-bond acceptors (Lipinski definition) is 4. The first kappa shape index (κ1) is 10.7. The van der Waals surface area contributed by atoms with Crippen LogP contribution in [-0.4, -0.2) is 4.98 Å². The van der Waals surface area contributed by atoms with Gasteiger partial charge in [0.1, 0.15) is 5.03 Å². The summed E-state index contributed by atoms with van der Waals surface area (Å²) in [5, 5.41) is 3.14. The highest BCUT2D eigenvalue weighted by Gasteiger charge is 2.04. The van der Waals surface area contributed by atoms with E-state index < -0.39 is 0 Å². The normalized spacial score (nSPS) is 10.5. The fourth-order valence-electron chi connectivity index (χ4n) is 1.26. The predicted molar refractivity (Wildman–Crippen MR) is 65.3 cm³/mol. The Balaban J connectivity index is 2.22. The van der Waals surface area contributed by atoms with Gasteiger partial charge in [0.15, 0.2) is 0 Å². The van der Waals surface area contributed by atoms with Crippen molar-refractivity contribution >= 4 is 23.1 Å². The minimum atomic E-state index is 0.553. The lowest BCUT2D eigenvalue weighted by atomic mass is 10.2. The van der Waals surface area contributed by atoms with Crippen LogP contribution in [0.15, 0.2) is 39.0 Å². The standard InChI is InChI=1S/C11H12N2S2/c1-8-5-9(6-12)7-13-11(8)15-10-3-2-4-14-10/h2-5,7H,6,12H2,1H3. The van der Waals surface area contributed by atoms with Crippen LogP contribution < -0.4 is 5.73 Å². The largest absolute Gasteiger partial charge is 0.326 e. The Morgan fingerprint density at radius 1 is 1.53 bits per heavy atom. The quantitative estimate of drug-likeness (QED) is 0.890. The Morgan fingerprint density at radius 3 is 3.00 bits per heavy atom. The van der Waals surface area contributed by atoms with Gasteiger partial charge in [0.2, 0.25) is 0 Å². The lowest BCUT2D eigenvalue weighted by Gasteiger charge is -2.04. The number of aromatic nitrogens is 1. The van der Waals surface area contributed by atoms with Crippen LogP contribution in [-0.2, 0) is 6.54 Å². The summed E-state index contributed by atoms with van der Waals surface area (Å²) in [5.74, 6) is 0. The molecule has 2 rings (SSSR count). The first-order valence-electron chi connectivity index (χ1n) is 4.66. The van der Waals surface area contributed by atoms with Gasteiger partial charge >= 0.3 is 0 Å². The zero-order chi connectivity index (χ0) is 10.7. The van der Waals surface area contributed by atoms with Crippen molar-refractivity contribution in [1.82, 2.24) is 4.98 Å². The SMILES string of the molecule is Cc1cc(CN)cnc1Sc1cccs1. The van der Waals surface area contributed by atoms with Crippen molar-refractivity contribution in [3.05, 3.63) is 40.9 Å². The Bertz CT molecular complexity index is 438. The van der Waals surface area contributed by atoms with Gasteiger partial charge in [0, 0.05) is 12.7 Å². The highest BCUT2D eigenvalue weighted by molar-refractivity contribution is 8.01. The zero-order valence-electron chi connectivity index (χ0n) is 8.43. The number of aryl methyl sites for hydroxylation is 1. The molecule has 2 heterocycles. The van der Waals surface area contributed by atoms with Crippen LogP contribution in [0.1, 0.15) is 11.1 Å². The molecule has 0 aromatic carbocycles. The van der Waals surface area contributed by atoms with Crippen molar-refractivity contribution in [2.45, 2.75) is 22.7 Å². The van der Waals surface area contributed by atoms with E-state index in [4.69, 9.17) is 5.73 Å². The van der Waals surface area contributed by atoms with Crippen LogP contribution in [0.2, 0.25) is 0 Å². The van der Waals surface area contributed by atoms with Gasteiger partial charge in [0.05, 0.1) is 4.21 Å². The van der Waals surface area contributed by atoms with Crippen LogP contribution in [0.25, 0.3) is 0 Å². The second-order valence-electron chi connectivity index (χ2n) is 3.20. The van der Waals surface area contributed by atoms with Crippen molar-refractivity contribution in [3.8, 4) is 0 Å². The van der Waals surface area contributed by atoms with Crippen molar-refractivity contribution in [2.75, 3.05) is 0 Å². The van der Waals surface area contributed by atoms with Crippen LogP contribution >= 0.6 is 23.1 Å². The van der Waals surface area contributed by atoms with Gasteiger partial charge in [-0.2, -0.15) is 0 Å². The third-order valence-corrected chi connectivity index (χ3v) is 4.17. The fraction of sp³-hybridized carbons (Fsp3) is 0.182. The third-order valence-electron chi connectivity index (χ3n) is 2.01. The smallest absolute Gasteiger partial charge is 0.104 e. The Labute approximate surface area is 97.5 Å². The molecule has 0 saturated carbocycles. The molecule has 2 aromatic heterocycles. The number of pyridine rings is 1. The molecule has 15 heavy (non-hydrogen) atoms. The molecule has 0 aliphatic rings. The first-order valence-corrected chi connectivity index (χ1v) is 6.36. The lowest BCUT2D eigenvalue weighted by molar-refractivity contribution is 0.989. The van der Waals surface area contributed by atoms with E-state index in [9.17, 15) is 0 Å². The maximum Gasteiger partial charge on any atom is 0.104 e. The number of nitrogens with two attached hydrogens (primary N) is 1. The first-order chi connectivity index (χ1) is 7.29. The number of thiophene rings is 1. The summed E-state index contributed by atoms with van der Waals surface area (Å²) in [6.45, 7) is 2.62. The van der Waals surface area contributed by atoms with E-state index in [1.54, 1.807) is 23.1 Å². The minimum absolute atomic E-state index is 0.553. The average Bonchev–Trinajstić information content (AvgIpc) is 2.74. The molecule has 0 amide bonds. The summed E-state index contributed by atoms with van der Waals surface area (Å²) >= 11 is 3.44. The molecule has 0 aliphatic heterocycles. The molecule has 0 aliphatic carbocycles. The molecule has 0 unspecified atom stereocenters. The zero-order valence-corrected chi connectivity index (χ0v) is 10.1. The van der Waals surface area contributed by atoms with E-state index in [2.05, 4.69) is 35.5 Å². The summed E-state index contributed by atoms with van der Waals surface area (Å²) in [4.78, 5) is 4.41. The lowest BCUT2D eigenvalue weighted by Crippen LogP contribution is -1.98.